The lowest BCUT2D eigenvalue weighted by Crippen LogP contribution is -2.05. The van der Waals surface area contributed by atoms with Crippen LogP contribution in [0.5, 0.6) is 0 Å². The number of hydrogen-bond donors (Lipinski definition) is 1. The SMILES string of the molecule is CC(=O)C1=C(O)C(c2ccccc2)=NC1. The number of aliphatic hydroxyl groups is 1. The number of carbonyl (C=O) groups is 1. The lowest BCUT2D eigenvalue weighted by atomic mass is 10.1. The van der Waals surface area contributed by atoms with Crippen molar-refractivity contribution < 1.29 is 9.90 Å². The minimum Gasteiger partial charge on any atom is -0.505 e. The van der Waals surface area contributed by atoms with Gasteiger partial charge in [0.1, 0.15) is 11.5 Å². The summed E-state index contributed by atoms with van der Waals surface area (Å²) in [6.07, 6.45) is 0. The Kier molecular flexibility index (Phi) is 2.37. The Balaban J connectivity index is 2.39. The van der Waals surface area contributed by atoms with Crippen LogP contribution in [0.3, 0.4) is 0 Å². The van der Waals surface area contributed by atoms with Crippen LogP contribution in [0.1, 0.15) is 12.5 Å². The highest BCUT2D eigenvalue weighted by molar-refractivity contribution is 6.17. The first-order chi connectivity index (χ1) is 7.20. The smallest absolute Gasteiger partial charge is 0.161 e. The van der Waals surface area contributed by atoms with E-state index in [0.717, 1.165) is 5.56 Å². The standard InChI is InChI=1S/C12H11NO2/c1-8(14)10-7-13-11(12(10)15)9-5-3-2-4-6-9/h2-6,15H,7H2,1H3. The summed E-state index contributed by atoms with van der Waals surface area (Å²) in [7, 11) is 0. The molecular weight excluding hydrogens is 190 g/mol. The van der Waals surface area contributed by atoms with Crippen molar-refractivity contribution in [2.45, 2.75) is 6.92 Å². The minimum atomic E-state index is -0.123. The van der Waals surface area contributed by atoms with Gasteiger partial charge in [0.05, 0.1) is 12.1 Å². The van der Waals surface area contributed by atoms with Gasteiger partial charge in [0.2, 0.25) is 0 Å². The van der Waals surface area contributed by atoms with Crippen LogP contribution in [0.25, 0.3) is 0 Å². The molecule has 0 saturated carbocycles. The number of aliphatic hydroxyl groups excluding tert-OH is 1. The molecule has 0 radical (unpaired) electrons. The molecule has 0 aliphatic carbocycles. The number of hydrogen-bond acceptors (Lipinski definition) is 3. The molecule has 0 atom stereocenters. The average Bonchev–Trinajstić information content (AvgIpc) is 2.61. The number of benzene rings is 1. The van der Waals surface area contributed by atoms with Crippen molar-refractivity contribution in [2.75, 3.05) is 6.54 Å². The summed E-state index contributed by atoms with van der Waals surface area (Å²) in [4.78, 5) is 15.3. The number of rotatable bonds is 2. The summed E-state index contributed by atoms with van der Waals surface area (Å²) < 4.78 is 0. The molecule has 0 saturated heterocycles. The molecule has 2 rings (SSSR count). The molecule has 1 heterocycles. The highest BCUT2D eigenvalue weighted by atomic mass is 16.3. The minimum absolute atomic E-state index is 0.0219. The molecule has 1 aliphatic heterocycles. The van der Waals surface area contributed by atoms with Gasteiger partial charge in [-0.15, -0.1) is 0 Å². The number of carbonyl (C=O) groups excluding carboxylic acids is 1. The number of allylic oxidation sites excluding steroid dienone is 1. The van der Waals surface area contributed by atoms with Gasteiger partial charge in [0.25, 0.3) is 0 Å². The van der Waals surface area contributed by atoms with Gasteiger partial charge in [0, 0.05) is 5.56 Å². The second-order valence-corrected chi connectivity index (χ2v) is 3.41. The molecule has 0 unspecified atom stereocenters. The molecule has 0 bridgehead atoms. The topological polar surface area (TPSA) is 49.7 Å². The van der Waals surface area contributed by atoms with Crippen molar-refractivity contribution in [2.24, 2.45) is 4.99 Å². The molecule has 0 amide bonds. The summed E-state index contributed by atoms with van der Waals surface area (Å²) in [5.74, 6) is -0.101. The second-order valence-electron chi connectivity index (χ2n) is 3.41. The Labute approximate surface area is 87.8 Å². The van der Waals surface area contributed by atoms with Gasteiger partial charge in [0.15, 0.2) is 5.78 Å². The molecule has 0 aromatic heterocycles. The maximum absolute atomic E-state index is 11.1. The van der Waals surface area contributed by atoms with Crippen LogP contribution in [0.2, 0.25) is 0 Å². The van der Waals surface area contributed by atoms with E-state index in [2.05, 4.69) is 4.99 Å². The highest BCUT2D eigenvalue weighted by Crippen LogP contribution is 2.18. The van der Waals surface area contributed by atoms with Gasteiger partial charge in [-0.2, -0.15) is 0 Å². The number of nitrogens with zero attached hydrogens (tertiary/aromatic N) is 1. The molecular formula is C12H11NO2. The summed E-state index contributed by atoms with van der Waals surface area (Å²) >= 11 is 0. The quantitative estimate of drug-likeness (QED) is 0.794. The maximum Gasteiger partial charge on any atom is 0.161 e. The van der Waals surface area contributed by atoms with E-state index < -0.39 is 0 Å². The first kappa shape index (κ1) is 9.65. The van der Waals surface area contributed by atoms with Crippen LogP contribution in [-0.4, -0.2) is 23.1 Å². The maximum atomic E-state index is 11.1. The number of Topliss-reactive ketones (excluding diaryl/α,β-unsaturated/α-hetero) is 1. The third-order valence-corrected chi connectivity index (χ3v) is 2.38. The van der Waals surface area contributed by atoms with E-state index in [0.29, 0.717) is 11.3 Å². The second kappa shape index (κ2) is 3.69. The molecule has 1 N–H and O–H groups in total. The lowest BCUT2D eigenvalue weighted by Gasteiger charge is -2.01. The third kappa shape index (κ3) is 1.68. The van der Waals surface area contributed by atoms with Crippen molar-refractivity contribution in [1.82, 2.24) is 0 Å². The Bertz CT molecular complexity index is 458. The summed E-state index contributed by atoms with van der Waals surface area (Å²) in [5.41, 5.74) is 1.75. The van der Waals surface area contributed by atoms with E-state index in [1.165, 1.54) is 6.92 Å². The largest absolute Gasteiger partial charge is 0.505 e. The van der Waals surface area contributed by atoms with Crippen LogP contribution in [0, 0.1) is 0 Å². The molecule has 0 fully saturated rings. The van der Waals surface area contributed by atoms with Crippen LogP contribution in [0.15, 0.2) is 46.7 Å². The fourth-order valence-electron chi connectivity index (χ4n) is 1.55. The average molecular weight is 201 g/mol. The van der Waals surface area contributed by atoms with Gasteiger partial charge in [-0.3, -0.25) is 9.79 Å². The van der Waals surface area contributed by atoms with Crippen molar-refractivity contribution in [1.29, 1.82) is 0 Å². The zero-order valence-corrected chi connectivity index (χ0v) is 8.40. The molecule has 1 aromatic carbocycles. The Hall–Kier alpha value is -1.90. The molecule has 1 aliphatic rings. The van der Waals surface area contributed by atoms with E-state index >= 15 is 0 Å². The lowest BCUT2D eigenvalue weighted by molar-refractivity contribution is -0.113. The molecule has 3 heteroatoms. The van der Waals surface area contributed by atoms with Gasteiger partial charge in [-0.25, -0.2) is 0 Å². The monoisotopic (exact) mass is 201 g/mol. The van der Waals surface area contributed by atoms with E-state index in [1.54, 1.807) is 0 Å². The Morgan fingerprint density at radius 1 is 1.33 bits per heavy atom. The Morgan fingerprint density at radius 3 is 2.53 bits per heavy atom. The summed E-state index contributed by atoms with van der Waals surface area (Å²) in [5, 5.41) is 9.80. The fraction of sp³-hybridized carbons (Fsp3) is 0.167. The Morgan fingerprint density at radius 2 is 2.00 bits per heavy atom. The van der Waals surface area contributed by atoms with Crippen LogP contribution >= 0.6 is 0 Å². The predicted octanol–water partition coefficient (Wildman–Crippen LogP) is 1.89. The van der Waals surface area contributed by atoms with E-state index in [-0.39, 0.29) is 18.1 Å². The summed E-state index contributed by atoms with van der Waals surface area (Å²) in [6.45, 7) is 1.72. The number of ketones is 1. The first-order valence-corrected chi connectivity index (χ1v) is 4.73. The third-order valence-electron chi connectivity index (χ3n) is 2.38. The van der Waals surface area contributed by atoms with Gasteiger partial charge in [-0.05, 0) is 6.92 Å². The molecule has 76 valence electrons. The van der Waals surface area contributed by atoms with E-state index in [1.807, 2.05) is 30.3 Å². The fourth-order valence-corrected chi connectivity index (χ4v) is 1.55. The summed E-state index contributed by atoms with van der Waals surface area (Å²) in [6, 6.07) is 9.36. The zero-order chi connectivity index (χ0) is 10.8. The predicted molar refractivity (Wildman–Crippen MR) is 58.2 cm³/mol. The van der Waals surface area contributed by atoms with E-state index in [9.17, 15) is 9.90 Å². The van der Waals surface area contributed by atoms with Crippen molar-refractivity contribution in [3.63, 3.8) is 0 Å². The zero-order valence-electron chi connectivity index (χ0n) is 8.40. The normalized spacial score (nSPS) is 15.4. The molecule has 1 aromatic rings. The van der Waals surface area contributed by atoms with Crippen LogP contribution < -0.4 is 0 Å². The van der Waals surface area contributed by atoms with Crippen molar-refractivity contribution in [3.05, 3.63) is 47.2 Å². The van der Waals surface area contributed by atoms with Crippen molar-refractivity contribution >= 4 is 11.5 Å². The molecule has 0 spiro atoms. The van der Waals surface area contributed by atoms with Crippen LogP contribution in [0.4, 0.5) is 0 Å². The molecule has 15 heavy (non-hydrogen) atoms. The van der Waals surface area contributed by atoms with Gasteiger partial charge < -0.3 is 5.11 Å². The number of aliphatic imine (C=N–C) groups is 1. The van der Waals surface area contributed by atoms with E-state index in [4.69, 9.17) is 0 Å². The van der Waals surface area contributed by atoms with Crippen LogP contribution in [-0.2, 0) is 4.79 Å². The first-order valence-electron chi connectivity index (χ1n) is 4.73. The van der Waals surface area contributed by atoms with Gasteiger partial charge >= 0.3 is 0 Å². The van der Waals surface area contributed by atoms with Gasteiger partial charge in [-0.1, -0.05) is 30.3 Å². The highest BCUT2D eigenvalue weighted by Gasteiger charge is 2.22. The van der Waals surface area contributed by atoms with Crippen molar-refractivity contribution in [3.8, 4) is 0 Å². The molecule has 3 nitrogen and oxygen atoms in total.